The Bertz CT molecular complexity index is 502. The number of carbonyl (C=O) groups excluding carboxylic acids is 1. The van der Waals surface area contributed by atoms with Gasteiger partial charge in [0.05, 0.1) is 0 Å². The first-order chi connectivity index (χ1) is 8.34. The van der Waals surface area contributed by atoms with Crippen LogP contribution in [0.4, 0.5) is 0 Å². The molecule has 18 heavy (non-hydrogen) atoms. The number of halogens is 3. The van der Waals surface area contributed by atoms with Crippen molar-refractivity contribution in [2.75, 3.05) is 0 Å². The zero-order chi connectivity index (χ0) is 13.5. The minimum Gasteiger partial charge on any atom is -0.281 e. The molecule has 0 saturated heterocycles. The van der Waals surface area contributed by atoms with Gasteiger partial charge in [-0.15, -0.1) is 0 Å². The number of hydrogen-bond donors (Lipinski definition) is 0. The molecule has 2 rings (SSSR count). The third-order valence-corrected chi connectivity index (χ3v) is 4.43. The van der Waals surface area contributed by atoms with Crippen molar-refractivity contribution >= 4 is 45.1 Å². The third-order valence-electron chi connectivity index (χ3n) is 3.60. The molecule has 96 valence electrons. The molecule has 1 aromatic rings. The van der Waals surface area contributed by atoms with Crippen LogP contribution in [0, 0.1) is 17.3 Å². The predicted molar refractivity (Wildman–Crippen MR) is 76.9 cm³/mol. The van der Waals surface area contributed by atoms with E-state index in [1.165, 1.54) is 0 Å². The summed E-state index contributed by atoms with van der Waals surface area (Å²) in [5, 5.41) is 1.01. The number of benzene rings is 1. The number of hydrogen-bond acceptors (Lipinski definition) is 1. The molecule has 1 fully saturated rings. The molecule has 0 radical (unpaired) electrons. The normalized spacial score (nSPS) is 25.9. The largest absolute Gasteiger partial charge is 0.281 e. The second-order valence-corrected chi connectivity index (χ2v) is 6.37. The molecule has 0 unspecified atom stereocenters. The maximum Gasteiger partial charge on any atom is 0.225 e. The molecule has 1 aliphatic carbocycles. The van der Waals surface area contributed by atoms with Gasteiger partial charge in [0.1, 0.15) is 0 Å². The topological polar surface area (TPSA) is 17.1 Å². The Morgan fingerprint density at radius 2 is 1.78 bits per heavy atom. The monoisotopic (exact) mass is 302 g/mol. The quantitative estimate of drug-likeness (QED) is 0.721. The molecule has 1 aliphatic rings. The minimum atomic E-state index is -0.290. The van der Waals surface area contributed by atoms with E-state index in [4.69, 9.17) is 34.8 Å². The van der Waals surface area contributed by atoms with Gasteiger partial charge in [0.15, 0.2) is 0 Å². The fourth-order valence-electron chi connectivity index (χ4n) is 2.29. The van der Waals surface area contributed by atoms with Gasteiger partial charge in [-0.1, -0.05) is 55.3 Å². The Morgan fingerprint density at radius 3 is 2.22 bits per heavy atom. The minimum absolute atomic E-state index is 0.102. The summed E-state index contributed by atoms with van der Waals surface area (Å²) in [5.74, 6) is -0.0362. The van der Waals surface area contributed by atoms with Crippen LogP contribution in [-0.4, -0.2) is 5.24 Å². The van der Waals surface area contributed by atoms with Gasteiger partial charge in [0.25, 0.3) is 0 Å². The smallest absolute Gasteiger partial charge is 0.225 e. The first-order valence-corrected chi connectivity index (χ1v) is 6.80. The van der Waals surface area contributed by atoms with Crippen LogP contribution < -0.4 is 0 Å². The van der Waals surface area contributed by atoms with Gasteiger partial charge >= 0.3 is 0 Å². The van der Waals surface area contributed by atoms with Gasteiger partial charge in [-0.3, -0.25) is 4.79 Å². The van der Waals surface area contributed by atoms with E-state index >= 15 is 0 Å². The molecule has 0 N–H and O–H groups in total. The first kappa shape index (κ1) is 13.9. The highest BCUT2D eigenvalue weighted by Gasteiger charge is 2.60. The lowest BCUT2D eigenvalue weighted by Gasteiger charge is -2.01. The summed E-state index contributed by atoms with van der Waals surface area (Å²) >= 11 is 17.7. The second-order valence-electron chi connectivity index (χ2n) is 5.15. The standard InChI is InChI=1S/C14H13Cl3O/c1-14(2)10(12(14)13(17)18)7-11(16)8-3-5-9(15)6-4-8/h3-7,10,12H,1-2H3/b11-7+/t10-,12+/m1/s1. The molecule has 1 saturated carbocycles. The Labute approximate surface area is 122 Å². The van der Waals surface area contributed by atoms with Gasteiger partial charge in [-0.2, -0.15) is 0 Å². The first-order valence-electron chi connectivity index (χ1n) is 5.66. The van der Waals surface area contributed by atoms with Gasteiger partial charge < -0.3 is 0 Å². The fourth-order valence-corrected chi connectivity index (χ4v) is 3.09. The molecular weight excluding hydrogens is 291 g/mol. The Balaban J connectivity index is 2.20. The fraction of sp³-hybridized carbons (Fsp3) is 0.357. The van der Waals surface area contributed by atoms with Gasteiger partial charge in [-0.25, -0.2) is 0 Å². The van der Waals surface area contributed by atoms with Gasteiger partial charge in [0.2, 0.25) is 5.24 Å². The molecule has 1 aromatic carbocycles. The van der Waals surface area contributed by atoms with Crippen molar-refractivity contribution in [3.8, 4) is 0 Å². The maximum atomic E-state index is 11.3. The maximum absolute atomic E-state index is 11.3. The molecular formula is C14H13Cl3O. The van der Waals surface area contributed by atoms with Crippen LogP contribution >= 0.6 is 34.8 Å². The Hall–Kier alpha value is -0.500. The molecule has 1 nitrogen and oxygen atoms in total. The SMILES string of the molecule is CC1(C)[C@H](/C=C(/Cl)c2ccc(Cl)cc2)[C@H]1C(=O)Cl. The second kappa shape index (κ2) is 4.88. The van der Waals surface area contributed by atoms with Gasteiger partial charge in [-0.05, 0) is 40.6 Å². The zero-order valence-electron chi connectivity index (χ0n) is 10.1. The van der Waals surface area contributed by atoms with Crippen molar-refractivity contribution in [1.82, 2.24) is 0 Å². The molecule has 0 bridgehead atoms. The molecule has 0 aromatic heterocycles. The summed E-state index contributed by atoms with van der Waals surface area (Å²) < 4.78 is 0. The van der Waals surface area contributed by atoms with E-state index in [1.807, 2.05) is 32.1 Å². The van der Waals surface area contributed by atoms with Crippen LogP contribution in [0.5, 0.6) is 0 Å². The number of rotatable bonds is 3. The Morgan fingerprint density at radius 1 is 1.22 bits per heavy atom. The number of allylic oxidation sites excluding steroid dienone is 1. The van der Waals surface area contributed by atoms with Crippen LogP contribution in [0.1, 0.15) is 19.4 Å². The molecule has 0 aliphatic heterocycles. The highest BCUT2D eigenvalue weighted by Crippen LogP contribution is 2.60. The summed E-state index contributed by atoms with van der Waals surface area (Å²) in [5.41, 5.74) is 0.787. The van der Waals surface area contributed by atoms with E-state index < -0.39 is 0 Å². The van der Waals surface area contributed by atoms with Crippen LogP contribution in [0.3, 0.4) is 0 Å². The average Bonchev–Trinajstić information content (AvgIpc) is 2.81. The highest BCUT2D eigenvalue weighted by atomic mass is 35.5. The van der Waals surface area contributed by atoms with Crippen molar-refractivity contribution < 1.29 is 4.79 Å². The van der Waals surface area contributed by atoms with Crippen molar-refractivity contribution in [2.45, 2.75) is 13.8 Å². The molecule has 2 atom stereocenters. The van der Waals surface area contributed by atoms with Crippen molar-refractivity contribution in [3.05, 3.63) is 40.9 Å². The van der Waals surface area contributed by atoms with Crippen LogP contribution in [0.25, 0.3) is 5.03 Å². The summed E-state index contributed by atoms with van der Waals surface area (Å²) in [6.07, 6.45) is 1.91. The molecule has 0 spiro atoms. The highest BCUT2D eigenvalue weighted by molar-refractivity contribution is 6.64. The van der Waals surface area contributed by atoms with Crippen molar-refractivity contribution in [1.29, 1.82) is 0 Å². The molecule has 0 amide bonds. The van der Waals surface area contributed by atoms with Gasteiger partial charge in [0, 0.05) is 16.0 Å². The number of carbonyl (C=O) groups is 1. The average molecular weight is 304 g/mol. The van der Waals surface area contributed by atoms with E-state index in [-0.39, 0.29) is 22.5 Å². The summed E-state index contributed by atoms with van der Waals surface area (Å²) in [4.78, 5) is 11.3. The van der Waals surface area contributed by atoms with Crippen LogP contribution in [-0.2, 0) is 4.79 Å². The van der Waals surface area contributed by atoms with E-state index in [0.717, 1.165) is 5.56 Å². The lowest BCUT2D eigenvalue weighted by atomic mass is 10.1. The van der Waals surface area contributed by atoms with Crippen molar-refractivity contribution in [3.63, 3.8) is 0 Å². The molecule has 0 heterocycles. The van der Waals surface area contributed by atoms with E-state index in [9.17, 15) is 4.79 Å². The lowest BCUT2D eigenvalue weighted by molar-refractivity contribution is -0.113. The van der Waals surface area contributed by atoms with E-state index in [0.29, 0.717) is 10.1 Å². The van der Waals surface area contributed by atoms with Crippen molar-refractivity contribution in [2.24, 2.45) is 17.3 Å². The third kappa shape index (κ3) is 2.59. The molecule has 4 heteroatoms. The summed E-state index contributed by atoms with van der Waals surface area (Å²) in [6, 6.07) is 7.28. The lowest BCUT2D eigenvalue weighted by Crippen LogP contribution is -1.96. The van der Waals surface area contributed by atoms with Crippen LogP contribution in [0.15, 0.2) is 30.3 Å². The van der Waals surface area contributed by atoms with E-state index in [1.54, 1.807) is 12.1 Å². The summed E-state index contributed by atoms with van der Waals surface area (Å²) in [6.45, 7) is 4.04. The van der Waals surface area contributed by atoms with Crippen LogP contribution in [0.2, 0.25) is 5.02 Å². The zero-order valence-corrected chi connectivity index (χ0v) is 12.4. The predicted octanol–water partition coefficient (Wildman–Crippen LogP) is 4.96. The summed E-state index contributed by atoms with van der Waals surface area (Å²) in [7, 11) is 0. The Kier molecular flexibility index (Phi) is 3.77. The van der Waals surface area contributed by atoms with E-state index in [2.05, 4.69) is 0 Å².